The molecule has 1 N–H and O–H groups in total. The third-order valence-corrected chi connectivity index (χ3v) is 4.23. The lowest BCUT2D eigenvalue weighted by molar-refractivity contribution is -0.138. The summed E-state index contributed by atoms with van der Waals surface area (Å²) in [6.07, 6.45) is 0. The first-order chi connectivity index (χ1) is 10.3. The van der Waals surface area contributed by atoms with E-state index in [1.807, 2.05) is 35.2 Å². The third-order valence-electron chi connectivity index (χ3n) is 4.23. The SMILES string of the molecule is O=C(C1CNC1)N1CCn2c(nnc2-c2ccccc2)C1. The number of fused-ring (bicyclic) bond motifs is 1. The van der Waals surface area contributed by atoms with Crippen molar-refractivity contribution < 1.29 is 4.79 Å². The zero-order valence-electron chi connectivity index (χ0n) is 11.7. The van der Waals surface area contributed by atoms with Crippen LogP contribution in [-0.2, 0) is 17.9 Å². The molecule has 1 aromatic heterocycles. The summed E-state index contributed by atoms with van der Waals surface area (Å²) >= 11 is 0. The number of hydrogen-bond donors (Lipinski definition) is 1. The molecule has 0 unspecified atom stereocenters. The number of carbonyl (C=O) groups excluding carboxylic acids is 1. The minimum Gasteiger partial charge on any atom is -0.333 e. The molecule has 0 bridgehead atoms. The average Bonchev–Trinajstić information content (AvgIpc) is 2.89. The molecule has 108 valence electrons. The zero-order valence-corrected chi connectivity index (χ0v) is 11.7. The van der Waals surface area contributed by atoms with Crippen molar-refractivity contribution in [2.45, 2.75) is 13.1 Å². The van der Waals surface area contributed by atoms with Crippen molar-refractivity contribution in [3.05, 3.63) is 36.2 Å². The lowest BCUT2D eigenvalue weighted by atomic mass is 10.0. The lowest BCUT2D eigenvalue weighted by Crippen LogP contribution is -2.53. The van der Waals surface area contributed by atoms with Crippen molar-refractivity contribution in [1.82, 2.24) is 25.0 Å². The van der Waals surface area contributed by atoms with E-state index >= 15 is 0 Å². The van der Waals surface area contributed by atoms with Crippen LogP contribution in [0.1, 0.15) is 5.82 Å². The molecule has 2 aliphatic heterocycles. The number of hydrogen-bond acceptors (Lipinski definition) is 4. The van der Waals surface area contributed by atoms with E-state index in [0.717, 1.165) is 43.4 Å². The highest BCUT2D eigenvalue weighted by atomic mass is 16.2. The van der Waals surface area contributed by atoms with Crippen molar-refractivity contribution in [2.75, 3.05) is 19.6 Å². The Labute approximate surface area is 122 Å². The summed E-state index contributed by atoms with van der Waals surface area (Å²) in [5.74, 6) is 2.15. The maximum atomic E-state index is 12.3. The number of nitrogens with one attached hydrogen (secondary N) is 1. The molecule has 0 saturated carbocycles. The minimum atomic E-state index is 0.146. The first kappa shape index (κ1) is 12.5. The Bertz CT molecular complexity index is 662. The third kappa shape index (κ3) is 2.12. The van der Waals surface area contributed by atoms with E-state index in [0.29, 0.717) is 6.54 Å². The molecule has 4 rings (SSSR count). The molecule has 1 saturated heterocycles. The van der Waals surface area contributed by atoms with E-state index in [-0.39, 0.29) is 11.8 Å². The van der Waals surface area contributed by atoms with Gasteiger partial charge in [-0.25, -0.2) is 0 Å². The predicted octanol–water partition coefficient (Wildman–Crippen LogP) is 0.507. The van der Waals surface area contributed by atoms with Gasteiger partial charge in [-0.2, -0.15) is 0 Å². The smallest absolute Gasteiger partial charge is 0.228 e. The number of benzene rings is 1. The Morgan fingerprint density at radius 3 is 2.67 bits per heavy atom. The van der Waals surface area contributed by atoms with E-state index < -0.39 is 0 Å². The van der Waals surface area contributed by atoms with Gasteiger partial charge in [-0.15, -0.1) is 10.2 Å². The van der Waals surface area contributed by atoms with Crippen LogP contribution < -0.4 is 5.32 Å². The summed E-state index contributed by atoms with van der Waals surface area (Å²) in [4.78, 5) is 14.2. The summed E-state index contributed by atoms with van der Waals surface area (Å²) in [5.41, 5.74) is 1.07. The van der Waals surface area contributed by atoms with Crippen molar-refractivity contribution >= 4 is 5.91 Å². The molecule has 2 aromatic rings. The molecule has 6 heteroatoms. The Morgan fingerprint density at radius 2 is 1.95 bits per heavy atom. The second-order valence-electron chi connectivity index (χ2n) is 5.57. The van der Waals surface area contributed by atoms with Crippen LogP contribution in [0.4, 0.5) is 0 Å². The minimum absolute atomic E-state index is 0.146. The topological polar surface area (TPSA) is 63.1 Å². The number of rotatable bonds is 2. The normalized spacial score (nSPS) is 18.2. The molecule has 1 amide bonds. The van der Waals surface area contributed by atoms with E-state index in [4.69, 9.17) is 0 Å². The van der Waals surface area contributed by atoms with E-state index in [9.17, 15) is 4.79 Å². The molecule has 6 nitrogen and oxygen atoms in total. The van der Waals surface area contributed by atoms with Crippen molar-refractivity contribution in [1.29, 1.82) is 0 Å². The highest BCUT2D eigenvalue weighted by Crippen LogP contribution is 2.22. The van der Waals surface area contributed by atoms with E-state index in [1.54, 1.807) is 0 Å². The first-order valence-electron chi connectivity index (χ1n) is 7.30. The van der Waals surface area contributed by atoms with Crippen LogP contribution in [0, 0.1) is 5.92 Å². The van der Waals surface area contributed by atoms with Crippen molar-refractivity contribution in [2.24, 2.45) is 5.92 Å². The fraction of sp³-hybridized carbons (Fsp3) is 0.400. The molecule has 2 aliphatic rings. The molecule has 21 heavy (non-hydrogen) atoms. The monoisotopic (exact) mass is 283 g/mol. The molecule has 0 atom stereocenters. The second-order valence-corrected chi connectivity index (χ2v) is 5.57. The number of aromatic nitrogens is 3. The van der Waals surface area contributed by atoms with Crippen LogP contribution in [0.3, 0.4) is 0 Å². The van der Waals surface area contributed by atoms with Gasteiger partial charge in [0.05, 0.1) is 12.5 Å². The van der Waals surface area contributed by atoms with Crippen LogP contribution >= 0.6 is 0 Å². The average molecular weight is 283 g/mol. The van der Waals surface area contributed by atoms with E-state index in [1.165, 1.54) is 0 Å². The van der Waals surface area contributed by atoms with Gasteiger partial charge in [0.2, 0.25) is 5.91 Å². The van der Waals surface area contributed by atoms with Crippen LogP contribution in [0.2, 0.25) is 0 Å². The molecule has 1 aromatic carbocycles. The van der Waals surface area contributed by atoms with Gasteiger partial charge in [-0.05, 0) is 0 Å². The van der Waals surface area contributed by atoms with Crippen molar-refractivity contribution in [3.63, 3.8) is 0 Å². The maximum absolute atomic E-state index is 12.3. The quantitative estimate of drug-likeness (QED) is 0.872. The highest BCUT2D eigenvalue weighted by Gasteiger charge is 2.32. The van der Waals surface area contributed by atoms with Gasteiger partial charge in [-0.3, -0.25) is 4.79 Å². The Morgan fingerprint density at radius 1 is 1.14 bits per heavy atom. The molecule has 0 aliphatic carbocycles. The Hall–Kier alpha value is -2.21. The predicted molar refractivity (Wildman–Crippen MR) is 77.2 cm³/mol. The zero-order chi connectivity index (χ0) is 14.2. The van der Waals surface area contributed by atoms with E-state index in [2.05, 4.69) is 20.1 Å². The molecule has 0 spiro atoms. The Kier molecular flexibility index (Phi) is 2.96. The largest absolute Gasteiger partial charge is 0.333 e. The fourth-order valence-electron chi connectivity index (χ4n) is 2.87. The Balaban J connectivity index is 1.57. The molecular weight excluding hydrogens is 266 g/mol. The fourth-order valence-corrected chi connectivity index (χ4v) is 2.87. The van der Waals surface area contributed by atoms with Crippen LogP contribution in [-0.4, -0.2) is 45.2 Å². The summed E-state index contributed by atoms with van der Waals surface area (Å²) in [7, 11) is 0. The molecule has 0 radical (unpaired) electrons. The van der Waals surface area contributed by atoms with Gasteiger partial charge >= 0.3 is 0 Å². The van der Waals surface area contributed by atoms with Crippen LogP contribution in [0.15, 0.2) is 30.3 Å². The molecular formula is C15H17N5O. The van der Waals surface area contributed by atoms with Crippen LogP contribution in [0.25, 0.3) is 11.4 Å². The summed E-state index contributed by atoms with van der Waals surface area (Å²) in [6.45, 7) is 3.67. The maximum Gasteiger partial charge on any atom is 0.228 e. The van der Waals surface area contributed by atoms with Gasteiger partial charge in [0.25, 0.3) is 0 Å². The summed E-state index contributed by atoms with van der Waals surface area (Å²) in [6, 6.07) is 10.1. The second kappa shape index (κ2) is 4.96. The van der Waals surface area contributed by atoms with Gasteiger partial charge in [0.1, 0.15) is 0 Å². The number of carbonyl (C=O) groups is 1. The van der Waals surface area contributed by atoms with Gasteiger partial charge in [-0.1, -0.05) is 30.3 Å². The standard InChI is InChI=1S/C15H17N5O/c21-15(12-8-16-9-12)19-6-7-20-13(10-19)17-18-14(20)11-4-2-1-3-5-11/h1-5,12,16H,6-10H2. The number of nitrogens with zero attached hydrogens (tertiary/aromatic N) is 4. The molecule has 3 heterocycles. The first-order valence-corrected chi connectivity index (χ1v) is 7.30. The lowest BCUT2D eigenvalue weighted by Gasteiger charge is -2.34. The van der Waals surface area contributed by atoms with Gasteiger partial charge in [0, 0.05) is 31.7 Å². The van der Waals surface area contributed by atoms with Gasteiger partial charge in [0.15, 0.2) is 11.6 Å². The molecule has 1 fully saturated rings. The highest BCUT2D eigenvalue weighted by molar-refractivity contribution is 5.80. The summed E-state index contributed by atoms with van der Waals surface area (Å²) < 4.78 is 2.12. The van der Waals surface area contributed by atoms with Gasteiger partial charge < -0.3 is 14.8 Å². The summed E-state index contributed by atoms with van der Waals surface area (Å²) in [5, 5.41) is 11.7. The van der Waals surface area contributed by atoms with Crippen LogP contribution in [0.5, 0.6) is 0 Å². The number of amides is 1. The van der Waals surface area contributed by atoms with Crippen molar-refractivity contribution in [3.8, 4) is 11.4 Å².